The van der Waals surface area contributed by atoms with Gasteiger partial charge in [-0.1, -0.05) is 26.0 Å². The van der Waals surface area contributed by atoms with E-state index >= 15 is 0 Å². The fourth-order valence-electron chi connectivity index (χ4n) is 1.38. The first-order valence-corrected chi connectivity index (χ1v) is 7.24. The van der Waals surface area contributed by atoms with Gasteiger partial charge in [-0.15, -0.1) is 11.8 Å². The van der Waals surface area contributed by atoms with E-state index in [2.05, 4.69) is 17.1 Å². The molecule has 2 rings (SSSR count). The van der Waals surface area contributed by atoms with Crippen molar-refractivity contribution in [2.45, 2.75) is 24.6 Å². The molecule has 0 aliphatic rings. The zero-order chi connectivity index (χ0) is 14.1. The van der Waals surface area contributed by atoms with E-state index in [4.69, 9.17) is 10.5 Å². The van der Waals surface area contributed by atoms with Crippen molar-refractivity contribution in [3.63, 3.8) is 0 Å². The third-order valence-corrected chi connectivity index (χ3v) is 3.30. The molecule has 0 saturated heterocycles. The molecular formula is C15H20N2OS. The van der Waals surface area contributed by atoms with Crippen molar-refractivity contribution >= 4 is 17.4 Å². The van der Waals surface area contributed by atoms with Gasteiger partial charge in [0.2, 0.25) is 0 Å². The van der Waals surface area contributed by atoms with Crippen molar-refractivity contribution in [3.05, 3.63) is 48.2 Å². The molecule has 1 heterocycles. The highest BCUT2D eigenvalue weighted by atomic mass is 32.2. The predicted molar refractivity (Wildman–Crippen MR) is 82.6 cm³/mol. The number of pyridine rings is 1. The van der Waals surface area contributed by atoms with Crippen molar-refractivity contribution in [2.24, 2.45) is 0 Å². The van der Waals surface area contributed by atoms with Gasteiger partial charge in [0.05, 0.1) is 12.1 Å². The lowest BCUT2D eigenvalue weighted by Crippen LogP contribution is -1.88. The highest BCUT2D eigenvalue weighted by molar-refractivity contribution is 7.98. The first-order valence-electron chi connectivity index (χ1n) is 6.25. The van der Waals surface area contributed by atoms with Crippen LogP contribution in [0.15, 0.2) is 47.6 Å². The van der Waals surface area contributed by atoms with E-state index in [1.165, 1.54) is 5.56 Å². The summed E-state index contributed by atoms with van der Waals surface area (Å²) in [6, 6.07) is 11.7. The average molecular weight is 276 g/mol. The Hall–Kier alpha value is -1.68. The number of hydrogen-bond donors (Lipinski definition) is 1. The molecule has 0 aliphatic carbocycles. The number of thioether (sulfide) groups is 1. The Kier molecular flexibility index (Phi) is 6.82. The number of anilines is 1. The largest absolute Gasteiger partial charge is 0.497 e. The fourth-order valence-corrected chi connectivity index (χ4v) is 2.24. The molecule has 3 nitrogen and oxygen atoms in total. The summed E-state index contributed by atoms with van der Waals surface area (Å²) in [5.74, 6) is 1.75. The molecule has 0 spiro atoms. The number of benzene rings is 1. The third kappa shape index (κ3) is 5.22. The van der Waals surface area contributed by atoms with Crippen LogP contribution < -0.4 is 10.5 Å². The maximum atomic E-state index is 5.70. The second kappa shape index (κ2) is 8.43. The zero-order valence-corrected chi connectivity index (χ0v) is 12.4. The lowest BCUT2D eigenvalue weighted by molar-refractivity contribution is 0.414. The summed E-state index contributed by atoms with van der Waals surface area (Å²) in [5, 5.41) is 0.945. The maximum Gasteiger partial charge on any atom is 0.118 e. The van der Waals surface area contributed by atoms with Crippen molar-refractivity contribution in [1.82, 2.24) is 4.98 Å². The van der Waals surface area contributed by atoms with Gasteiger partial charge in [-0.3, -0.25) is 0 Å². The summed E-state index contributed by atoms with van der Waals surface area (Å²) in [4.78, 5) is 4.25. The van der Waals surface area contributed by atoms with Crippen LogP contribution in [0.1, 0.15) is 19.4 Å². The van der Waals surface area contributed by atoms with Gasteiger partial charge in [0.1, 0.15) is 5.75 Å². The molecule has 0 radical (unpaired) electrons. The predicted octanol–water partition coefficient (Wildman–Crippen LogP) is 3.99. The van der Waals surface area contributed by atoms with Crippen LogP contribution in [0.5, 0.6) is 5.75 Å². The summed E-state index contributed by atoms with van der Waals surface area (Å²) >= 11 is 1.67. The summed E-state index contributed by atoms with van der Waals surface area (Å²) in [6.07, 6.45) is 1.73. The minimum absolute atomic E-state index is 0.747. The Balaban J connectivity index is 0.000000861. The average Bonchev–Trinajstić information content (AvgIpc) is 2.48. The van der Waals surface area contributed by atoms with Crippen LogP contribution in [0.25, 0.3) is 0 Å². The van der Waals surface area contributed by atoms with Gasteiger partial charge >= 0.3 is 0 Å². The molecule has 2 aromatic rings. The van der Waals surface area contributed by atoms with Crippen LogP contribution in [-0.2, 0) is 5.75 Å². The quantitative estimate of drug-likeness (QED) is 0.858. The van der Waals surface area contributed by atoms with Crippen molar-refractivity contribution < 1.29 is 4.74 Å². The van der Waals surface area contributed by atoms with Gasteiger partial charge in [0, 0.05) is 17.6 Å². The lowest BCUT2D eigenvalue weighted by atomic mass is 10.2. The minimum atomic E-state index is 0.747. The number of ether oxygens (including phenoxy) is 1. The second-order valence-electron chi connectivity index (χ2n) is 3.56. The molecule has 102 valence electrons. The maximum absolute atomic E-state index is 5.70. The lowest BCUT2D eigenvalue weighted by Gasteiger charge is -2.03. The normalized spacial score (nSPS) is 9.42. The minimum Gasteiger partial charge on any atom is -0.497 e. The topological polar surface area (TPSA) is 48.1 Å². The number of hydrogen-bond acceptors (Lipinski definition) is 4. The number of methoxy groups -OCH3 is 1. The van der Waals surface area contributed by atoms with Gasteiger partial charge < -0.3 is 10.5 Å². The van der Waals surface area contributed by atoms with Crippen LogP contribution in [0.3, 0.4) is 0 Å². The molecule has 1 aromatic heterocycles. The van der Waals surface area contributed by atoms with E-state index in [0.29, 0.717) is 0 Å². The van der Waals surface area contributed by atoms with E-state index in [0.717, 1.165) is 22.2 Å². The van der Waals surface area contributed by atoms with E-state index in [1.807, 2.05) is 32.0 Å². The monoisotopic (exact) mass is 276 g/mol. The van der Waals surface area contributed by atoms with Crippen molar-refractivity contribution in [2.75, 3.05) is 12.8 Å². The van der Waals surface area contributed by atoms with Gasteiger partial charge in [0.15, 0.2) is 0 Å². The van der Waals surface area contributed by atoms with E-state index in [9.17, 15) is 0 Å². The smallest absolute Gasteiger partial charge is 0.118 e. The summed E-state index contributed by atoms with van der Waals surface area (Å²) < 4.78 is 5.11. The summed E-state index contributed by atoms with van der Waals surface area (Å²) in [7, 11) is 1.67. The number of aromatic nitrogens is 1. The van der Waals surface area contributed by atoms with Gasteiger partial charge in [0.25, 0.3) is 0 Å². The Labute approximate surface area is 119 Å². The van der Waals surface area contributed by atoms with Gasteiger partial charge in [-0.05, 0) is 29.8 Å². The Bertz CT molecular complexity index is 486. The molecule has 19 heavy (non-hydrogen) atoms. The van der Waals surface area contributed by atoms with E-state index in [1.54, 1.807) is 31.1 Å². The fraction of sp³-hybridized carbons (Fsp3) is 0.267. The molecule has 0 aliphatic heterocycles. The van der Waals surface area contributed by atoms with Crippen molar-refractivity contribution in [3.8, 4) is 5.75 Å². The number of rotatable bonds is 4. The highest BCUT2D eigenvalue weighted by Crippen LogP contribution is 2.23. The summed E-state index contributed by atoms with van der Waals surface area (Å²) in [5.41, 5.74) is 7.68. The number of nitrogens with two attached hydrogens (primary N) is 1. The molecule has 0 atom stereocenters. The molecular weight excluding hydrogens is 256 g/mol. The van der Waals surface area contributed by atoms with Gasteiger partial charge in [-0.2, -0.15) is 0 Å². The van der Waals surface area contributed by atoms with Crippen LogP contribution in [0.2, 0.25) is 0 Å². The summed E-state index contributed by atoms with van der Waals surface area (Å²) in [6.45, 7) is 4.00. The Morgan fingerprint density at radius 2 is 1.84 bits per heavy atom. The van der Waals surface area contributed by atoms with Gasteiger partial charge in [-0.25, -0.2) is 4.98 Å². The second-order valence-corrected chi connectivity index (χ2v) is 4.56. The molecule has 0 bridgehead atoms. The molecule has 1 aromatic carbocycles. The molecule has 0 saturated carbocycles. The van der Waals surface area contributed by atoms with Crippen molar-refractivity contribution in [1.29, 1.82) is 0 Å². The molecule has 0 fully saturated rings. The first-order chi connectivity index (χ1) is 9.28. The van der Waals surface area contributed by atoms with Crippen LogP contribution in [0, 0.1) is 0 Å². The number of nitrogens with zero attached hydrogens (tertiary/aromatic N) is 1. The van der Waals surface area contributed by atoms with Crippen LogP contribution in [-0.4, -0.2) is 12.1 Å². The molecule has 2 N–H and O–H groups in total. The molecule has 0 unspecified atom stereocenters. The molecule has 0 amide bonds. The highest BCUT2D eigenvalue weighted by Gasteiger charge is 1.99. The standard InChI is InChI=1S/C13H14N2OS.C2H6/c1-16-12-4-2-10(3-5-12)9-17-13-8-11(14)6-7-15-13;1-2/h2-8H,9H2,1H3,(H2,14,15);1-2H3. The van der Waals surface area contributed by atoms with E-state index < -0.39 is 0 Å². The molecule has 4 heteroatoms. The third-order valence-electron chi connectivity index (χ3n) is 2.30. The van der Waals surface area contributed by atoms with E-state index in [-0.39, 0.29) is 0 Å². The zero-order valence-electron chi connectivity index (χ0n) is 11.6. The van der Waals surface area contributed by atoms with Crippen LogP contribution >= 0.6 is 11.8 Å². The Morgan fingerprint density at radius 1 is 1.16 bits per heavy atom. The first kappa shape index (κ1) is 15.4. The SMILES string of the molecule is CC.COc1ccc(CSc2cc(N)ccn2)cc1. The van der Waals surface area contributed by atoms with Crippen LogP contribution in [0.4, 0.5) is 5.69 Å². The Morgan fingerprint density at radius 3 is 2.42 bits per heavy atom. The number of nitrogen functional groups attached to an aromatic ring is 1.